The van der Waals surface area contributed by atoms with E-state index in [9.17, 15) is 9.59 Å². The molecule has 11 heavy (non-hydrogen) atoms. The third-order valence-electron chi connectivity index (χ3n) is 2.13. The summed E-state index contributed by atoms with van der Waals surface area (Å²) in [5.74, 6) is 0.125. The van der Waals surface area contributed by atoms with Crippen LogP contribution in [-0.4, -0.2) is 29.2 Å². The second kappa shape index (κ2) is 3.03. The summed E-state index contributed by atoms with van der Waals surface area (Å²) in [4.78, 5) is 23.6. The molecule has 0 bridgehead atoms. The van der Waals surface area contributed by atoms with Crippen molar-refractivity contribution >= 4 is 11.7 Å². The molecule has 0 aromatic heterocycles. The minimum absolute atomic E-state index is 0.0164. The van der Waals surface area contributed by atoms with Crippen molar-refractivity contribution in [3.63, 3.8) is 0 Å². The van der Waals surface area contributed by atoms with Crippen LogP contribution in [0.3, 0.4) is 0 Å². The zero-order valence-electron chi connectivity index (χ0n) is 6.96. The van der Waals surface area contributed by atoms with Crippen LogP contribution < -0.4 is 0 Å². The fourth-order valence-corrected chi connectivity index (χ4v) is 1.57. The van der Waals surface area contributed by atoms with Gasteiger partial charge < -0.3 is 4.90 Å². The van der Waals surface area contributed by atoms with E-state index in [1.807, 2.05) is 0 Å². The van der Waals surface area contributed by atoms with Crippen molar-refractivity contribution in [3.05, 3.63) is 0 Å². The lowest BCUT2D eigenvalue weighted by atomic mass is 10.1. The van der Waals surface area contributed by atoms with Gasteiger partial charge in [-0.3, -0.25) is 9.59 Å². The quantitative estimate of drug-likeness (QED) is 0.555. The van der Waals surface area contributed by atoms with E-state index in [0.29, 0.717) is 0 Å². The van der Waals surface area contributed by atoms with Crippen molar-refractivity contribution in [2.24, 2.45) is 0 Å². The number of rotatable bonds is 1. The predicted octanol–water partition coefficient (Wildman–Crippen LogP) is 0.586. The van der Waals surface area contributed by atoms with Crippen molar-refractivity contribution in [3.8, 4) is 0 Å². The smallest absolute Gasteiger partial charge is 0.220 e. The first-order chi connectivity index (χ1) is 5.13. The number of Topliss-reactive ketones (excluding diaryl/α,β-unsaturated/α-hetero) is 1. The minimum atomic E-state index is -0.132. The van der Waals surface area contributed by atoms with Gasteiger partial charge in [-0.15, -0.1) is 0 Å². The molecule has 62 valence electrons. The van der Waals surface area contributed by atoms with Crippen molar-refractivity contribution in [1.29, 1.82) is 0 Å². The van der Waals surface area contributed by atoms with Gasteiger partial charge in [-0.25, -0.2) is 0 Å². The van der Waals surface area contributed by atoms with Gasteiger partial charge >= 0.3 is 0 Å². The van der Waals surface area contributed by atoms with Gasteiger partial charge in [0.15, 0.2) is 5.78 Å². The number of carbonyl (C=O) groups excluding carboxylic acids is 2. The molecule has 0 unspecified atom stereocenters. The number of hydrogen-bond donors (Lipinski definition) is 0. The Bertz CT molecular complexity index is 169. The predicted molar refractivity (Wildman–Crippen MR) is 41.1 cm³/mol. The van der Waals surface area contributed by atoms with Crippen molar-refractivity contribution in [2.45, 2.75) is 32.7 Å². The standard InChI is InChI=1S/C8H13NO2/c1-6(10)8-4-3-5-9(8)7(2)11/h8H,3-5H2,1-2H3/t8-/m1/s1. The number of carbonyl (C=O) groups is 2. The molecule has 0 saturated carbocycles. The Labute approximate surface area is 66.4 Å². The second-order valence-electron chi connectivity index (χ2n) is 2.98. The molecule has 0 spiro atoms. The molecule has 1 saturated heterocycles. The Morgan fingerprint density at radius 3 is 2.36 bits per heavy atom. The van der Waals surface area contributed by atoms with Crippen LogP contribution in [0.4, 0.5) is 0 Å². The van der Waals surface area contributed by atoms with Crippen LogP contribution in [-0.2, 0) is 9.59 Å². The molecule has 1 fully saturated rings. The van der Waals surface area contributed by atoms with Crippen molar-refractivity contribution in [1.82, 2.24) is 4.90 Å². The molecule has 0 aromatic carbocycles. The topological polar surface area (TPSA) is 37.4 Å². The third kappa shape index (κ3) is 1.59. The molecule has 1 aliphatic heterocycles. The molecule has 1 atom stereocenters. The zero-order chi connectivity index (χ0) is 8.43. The first-order valence-electron chi connectivity index (χ1n) is 3.90. The molecule has 1 aliphatic rings. The van der Waals surface area contributed by atoms with Crippen LogP contribution >= 0.6 is 0 Å². The third-order valence-corrected chi connectivity index (χ3v) is 2.13. The fourth-order valence-electron chi connectivity index (χ4n) is 1.57. The first kappa shape index (κ1) is 8.24. The van der Waals surface area contributed by atoms with Gasteiger partial charge in [-0.1, -0.05) is 0 Å². The summed E-state index contributed by atoms with van der Waals surface area (Å²) >= 11 is 0. The molecule has 0 N–H and O–H groups in total. The van der Waals surface area contributed by atoms with Crippen LogP contribution in [0.1, 0.15) is 26.7 Å². The summed E-state index contributed by atoms with van der Waals surface area (Å²) in [6, 6.07) is -0.132. The van der Waals surface area contributed by atoms with E-state index in [2.05, 4.69) is 0 Å². The Morgan fingerprint density at radius 2 is 2.00 bits per heavy atom. The van der Waals surface area contributed by atoms with E-state index >= 15 is 0 Å². The number of hydrogen-bond acceptors (Lipinski definition) is 2. The van der Waals surface area contributed by atoms with E-state index in [1.165, 1.54) is 6.92 Å². The molecule has 0 aromatic rings. The highest BCUT2D eigenvalue weighted by Crippen LogP contribution is 2.17. The highest BCUT2D eigenvalue weighted by Gasteiger charge is 2.29. The van der Waals surface area contributed by atoms with E-state index in [0.717, 1.165) is 19.4 Å². The fraction of sp³-hybridized carbons (Fsp3) is 0.750. The van der Waals surface area contributed by atoms with Crippen LogP contribution in [0, 0.1) is 0 Å². The van der Waals surface area contributed by atoms with E-state index < -0.39 is 0 Å². The second-order valence-corrected chi connectivity index (χ2v) is 2.98. The van der Waals surface area contributed by atoms with Gasteiger partial charge in [0.1, 0.15) is 0 Å². The maximum absolute atomic E-state index is 11.0. The summed E-state index contributed by atoms with van der Waals surface area (Å²) in [6.45, 7) is 3.81. The first-order valence-corrected chi connectivity index (χ1v) is 3.90. The summed E-state index contributed by atoms with van der Waals surface area (Å²) < 4.78 is 0. The van der Waals surface area contributed by atoms with E-state index in [-0.39, 0.29) is 17.7 Å². The highest BCUT2D eigenvalue weighted by atomic mass is 16.2. The van der Waals surface area contributed by atoms with E-state index in [1.54, 1.807) is 11.8 Å². The molecule has 0 radical (unpaired) electrons. The van der Waals surface area contributed by atoms with Gasteiger partial charge in [0.2, 0.25) is 5.91 Å². The Hall–Kier alpha value is -0.860. The van der Waals surface area contributed by atoms with Crippen LogP contribution in [0.5, 0.6) is 0 Å². The molecule has 1 rings (SSSR count). The minimum Gasteiger partial charge on any atom is -0.333 e. The van der Waals surface area contributed by atoms with Crippen LogP contribution in [0.25, 0.3) is 0 Å². The molecule has 3 nitrogen and oxygen atoms in total. The molecule has 1 heterocycles. The maximum atomic E-state index is 11.0. The van der Waals surface area contributed by atoms with Gasteiger partial charge in [0, 0.05) is 13.5 Å². The number of nitrogens with zero attached hydrogens (tertiary/aromatic N) is 1. The zero-order valence-corrected chi connectivity index (χ0v) is 6.96. The lowest BCUT2D eigenvalue weighted by Crippen LogP contribution is -2.37. The number of amides is 1. The molecule has 3 heteroatoms. The average Bonchev–Trinajstić information content (AvgIpc) is 2.32. The Morgan fingerprint density at radius 1 is 1.36 bits per heavy atom. The van der Waals surface area contributed by atoms with Gasteiger partial charge in [0.05, 0.1) is 6.04 Å². The molecule has 1 amide bonds. The summed E-state index contributed by atoms with van der Waals surface area (Å²) in [5, 5.41) is 0. The number of likely N-dealkylation sites (tertiary alicyclic amines) is 1. The summed E-state index contributed by atoms with van der Waals surface area (Å²) in [5.41, 5.74) is 0. The van der Waals surface area contributed by atoms with Crippen LogP contribution in [0.15, 0.2) is 0 Å². The molecular weight excluding hydrogens is 142 g/mol. The van der Waals surface area contributed by atoms with Crippen LogP contribution in [0.2, 0.25) is 0 Å². The summed E-state index contributed by atoms with van der Waals surface area (Å²) in [6.07, 6.45) is 1.80. The monoisotopic (exact) mass is 155 g/mol. The summed E-state index contributed by atoms with van der Waals surface area (Å²) in [7, 11) is 0. The van der Waals surface area contributed by atoms with Gasteiger partial charge in [-0.05, 0) is 19.8 Å². The maximum Gasteiger partial charge on any atom is 0.220 e. The Kier molecular flexibility index (Phi) is 2.27. The normalized spacial score (nSPS) is 23.8. The highest BCUT2D eigenvalue weighted by molar-refractivity contribution is 5.87. The lowest BCUT2D eigenvalue weighted by molar-refractivity contribution is -0.135. The van der Waals surface area contributed by atoms with Crippen molar-refractivity contribution in [2.75, 3.05) is 6.54 Å². The molecular formula is C8H13NO2. The van der Waals surface area contributed by atoms with E-state index in [4.69, 9.17) is 0 Å². The van der Waals surface area contributed by atoms with Gasteiger partial charge in [-0.2, -0.15) is 0 Å². The SMILES string of the molecule is CC(=O)[C@H]1CCCN1C(C)=O. The average molecular weight is 155 g/mol. The number of ketones is 1. The van der Waals surface area contributed by atoms with Gasteiger partial charge in [0.25, 0.3) is 0 Å². The molecule has 0 aliphatic carbocycles. The Balaban J connectivity index is 2.65. The van der Waals surface area contributed by atoms with Crippen molar-refractivity contribution < 1.29 is 9.59 Å². The lowest BCUT2D eigenvalue weighted by Gasteiger charge is -2.20. The largest absolute Gasteiger partial charge is 0.333 e.